The molecule has 0 heterocycles. The number of hydrogen-bond acceptors (Lipinski definition) is 2. The van der Waals surface area contributed by atoms with Crippen molar-refractivity contribution < 1.29 is 22.6 Å². The van der Waals surface area contributed by atoms with Gasteiger partial charge in [-0.25, -0.2) is 0 Å². The maximum atomic E-state index is 11.9. The zero-order valence-electron chi connectivity index (χ0n) is 10.3. The van der Waals surface area contributed by atoms with Crippen molar-refractivity contribution in [1.29, 1.82) is 0 Å². The summed E-state index contributed by atoms with van der Waals surface area (Å²) in [5, 5.41) is 3.44. The molecule has 0 aliphatic carbocycles. The van der Waals surface area contributed by atoms with Gasteiger partial charge in [-0.05, 0) is 24.1 Å². The summed E-state index contributed by atoms with van der Waals surface area (Å²) in [6.07, 6.45) is -3.78. The zero-order chi connectivity index (χ0) is 13.6. The van der Waals surface area contributed by atoms with Gasteiger partial charge < -0.3 is 14.8 Å². The smallest absolute Gasteiger partial charge is 0.371 e. The highest BCUT2D eigenvalue weighted by Gasteiger charge is 2.20. The first-order chi connectivity index (χ1) is 8.46. The van der Waals surface area contributed by atoms with Crippen LogP contribution in [0, 0.1) is 0 Å². The van der Waals surface area contributed by atoms with E-state index in [4.69, 9.17) is 9.47 Å². The van der Waals surface area contributed by atoms with E-state index in [1.54, 1.807) is 18.2 Å². The molecule has 0 saturated carbocycles. The van der Waals surface area contributed by atoms with E-state index in [0.717, 1.165) is 5.56 Å². The number of halogens is 3. The van der Waals surface area contributed by atoms with Crippen molar-refractivity contribution in [1.82, 2.24) is 0 Å². The highest BCUT2D eigenvalue weighted by molar-refractivity contribution is 5.43. The number of nitrogens with zero attached hydrogens (tertiary/aromatic N) is 1. The standard InChI is InChI=1S/C12H15F3NO2/c1-17-10-4-3-9(7-11(10)18-2)5-6-16-8-12(13,14)15/h3-4,7H,5-6,8H2,1-2H3/q-1. The third kappa shape index (κ3) is 4.83. The van der Waals surface area contributed by atoms with E-state index in [0.29, 0.717) is 17.9 Å². The van der Waals surface area contributed by atoms with Crippen LogP contribution in [0.1, 0.15) is 5.56 Å². The van der Waals surface area contributed by atoms with Crippen molar-refractivity contribution in [2.24, 2.45) is 0 Å². The van der Waals surface area contributed by atoms with Crippen LogP contribution in [0.15, 0.2) is 18.2 Å². The normalized spacial score (nSPS) is 11.4. The SMILES string of the molecule is COc1ccc(CC[N-]CC(F)(F)F)cc1OC. The van der Waals surface area contributed by atoms with E-state index in [2.05, 4.69) is 5.32 Å². The van der Waals surface area contributed by atoms with Gasteiger partial charge in [0.05, 0.1) is 14.2 Å². The van der Waals surface area contributed by atoms with E-state index in [1.165, 1.54) is 14.2 Å². The quantitative estimate of drug-likeness (QED) is 0.737. The average Bonchev–Trinajstić information content (AvgIpc) is 2.33. The Labute approximate surface area is 104 Å². The summed E-state index contributed by atoms with van der Waals surface area (Å²) in [5.74, 6) is 1.15. The van der Waals surface area contributed by atoms with Crippen molar-refractivity contribution in [2.45, 2.75) is 12.6 Å². The Morgan fingerprint density at radius 3 is 2.33 bits per heavy atom. The Morgan fingerprint density at radius 1 is 1.11 bits per heavy atom. The van der Waals surface area contributed by atoms with Gasteiger partial charge in [0.2, 0.25) is 0 Å². The molecule has 0 N–H and O–H groups in total. The second-order valence-corrected chi connectivity index (χ2v) is 3.66. The fourth-order valence-electron chi connectivity index (χ4n) is 1.45. The summed E-state index contributed by atoms with van der Waals surface area (Å²) in [5.41, 5.74) is 0.860. The summed E-state index contributed by atoms with van der Waals surface area (Å²) in [4.78, 5) is 0. The number of benzene rings is 1. The van der Waals surface area contributed by atoms with Crippen LogP contribution in [-0.2, 0) is 6.42 Å². The number of alkyl halides is 3. The van der Waals surface area contributed by atoms with Gasteiger partial charge in [0.25, 0.3) is 0 Å². The van der Waals surface area contributed by atoms with E-state index in [9.17, 15) is 13.2 Å². The lowest BCUT2D eigenvalue weighted by Crippen LogP contribution is -2.14. The lowest BCUT2D eigenvalue weighted by molar-refractivity contribution is -0.113. The molecule has 3 nitrogen and oxygen atoms in total. The lowest BCUT2D eigenvalue weighted by atomic mass is 10.1. The van der Waals surface area contributed by atoms with Gasteiger partial charge in [-0.15, -0.1) is 6.54 Å². The molecule has 0 aromatic heterocycles. The highest BCUT2D eigenvalue weighted by atomic mass is 19.4. The van der Waals surface area contributed by atoms with E-state index >= 15 is 0 Å². The van der Waals surface area contributed by atoms with E-state index < -0.39 is 12.7 Å². The van der Waals surface area contributed by atoms with Crippen LogP contribution in [0.2, 0.25) is 0 Å². The van der Waals surface area contributed by atoms with Crippen LogP contribution in [0.5, 0.6) is 11.5 Å². The van der Waals surface area contributed by atoms with Crippen LogP contribution < -0.4 is 9.47 Å². The molecular weight excluding hydrogens is 247 g/mol. The Bertz CT molecular complexity index is 380. The number of rotatable bonds is 6. The molecule has 0 spiro atoms. The number of hydrogen-bond donors (Lipinski definition) is 0. The van der Waals surface area contributed by atoms with Gasteiger partial charge in [-0.1, -0.05) is 12.6 Å². The van der Waals surface area contributed by atoms with Crippen LogP contribution in [0.4, 0.5) is 13.2 Å². The van der Waals surface area contributed by atoms with Gasteiger partial charge in [-0.2, -0.15) is 13.2 Å². The average molecular weight is 262 g/mol. The summed E-state index contributed by atoms with van der Waals surface area (Å²) < 4.78 is 45.8. The Hall–Kier alpha value is -1.43. The summed E-state index contributed by atoms with van der Waals surface area (Å²) >= 11 is 0. The topological polar surface area (TPSA) is 32.6 Å². The first kappa shape index (κ1) is 14.6. The summed E-state index contributed by atoms with van der Waals surface area (Å²) in [6, 6.07) is 5.24. The van der Waals surface area contributed by atoms with Crippen LogP contribution in [0.25, 0.3) is 5.32 Å². The largest absolute Gasteiger partial charge is 0.655 e. The molecule has 0 radical (unpaired) electrons. The molecular formula is C12H15F3NO2-. The van der Waals surface area contributed by atoms with Gasteiger partial charge in [0, 0.05) is 0 Å². The summed E-state index contributed by atoms with van der Waals surface area (Å²) in [6.45, 7) is -0.963. The van der Waals surface area contributed by atoms with Crippen molar-refractivity contribution in [2.75, 3.05) is 27.3 Å². The molecule has 0 fully saturated rings. The van der Waals surface area contributed by atoms with Gasteiger partial charge in [-0.3, -0.25) is 0 Å². The van der Waals surface area contributed by atoms with Crippen LogP contribution >= 0.6 is 0 Å². The molecule has 6 heteroatoms. The maximum Gasteiger partial charge on any atom is 0.371 e. The third-order valence-electron chi connectivity index (χ3n) is 2.30. The second-order valence-electron chi connectivity index (χ2n) is 3.66. The van der Waals surface area contributed by atoms with Crippen LogP contribution in [0.3, 0.4) is 0 Å². The Balaban J connectivity index is 2.48. The second kappa shape index (κ2) is 6.49. The molecule has 0 saturated heterocycles. The minimum atomic E-state index is -4.22. The van der Waals surface area contributed by atoms with Crippen molar-refractivity contribution in [3.05, 3.63) is 29.1 Å². The van der Waals surface area contributed by atoms with Crippen molar-refractivity contribution in [3.63, 3.8) is 0 Å². The fraction of sp³-hybridized carbons (Fsp3) is 0.500. The van der Waals surface area contributed by atoms with E-state index in [1.807, 2.05) is 0 Å². The Kier molecular flexibility index (Phi) is 5.27. The molecule has 0 amide bonds. The first-order valence-corrected chi connectivity index (χ1v) is 5.37. The molecule has 0 aliphatic heterocycles. The third-order valence-corrected chi connectivity index (χ3v) is 2.30. The van der Waals surface area contributed by atoms with Crippen molar-refractivity contribution in [3.8, 4) is 11.5 Å². The molecule has 1 aromatic rings. The fourth-order valence-corrected chi connectivity index (χ4v) is 1.45. The minimum Gasteiger partial charge on any atom is -0.655 e. The lowest BCUT2D eigenvalue weighted by Gasteiger charge is -2.21. The predicted octanol–water partition coefficient (Wildman–Crippen LogP) is 3.18. The molecule has 1 rings (SSSR count). The summed E-state index contributed by atoms with van der Waals surface area (Å²) in [7, 11) is 3.03. The minimum absolute atomic E-state index is 0.134. The molecule has 0 aliphatic rings. The molecule has 18 heavy (non-hydrogen) atoms. The molecule has 0 bridgehead atoms. The maximum absolute atomic E-state index is 11.9. The Morgan fingerprint density at radius 2 is 1.78 bits per heavy atom. The number of methoxy groups -OCH3 is 2. The van der Waals surface area contributed by atoms with Gasteiger partial charge in [0.1, 0.15) is 0 Å². The first-order valence-electron chi connectivity index (χ1n) is 5.37. The van der Waals surface area contributed by atoms with Gasteiger partial charge >= 0.3 is 6.18 Å². The molecule has 0 atom stereocenters. The number of ether oxygens (including phenoxy) is 2. The predicted molar refractivity (Wildman–Crippen MR) is 62.4 cm³/mol. The molecule has 1 aromatic carbocycles. The van der Waals surface area contributed by atoms with E-state index in [-0.39, 0.29) is 6.54 Å². The van der Waals surface area contributed by atoms with Gasteiger partial charge in [0.15, 0.2) is 11.5 Å². The molecule has 0 unspecified atom stereocenters. The highest BCUT2D eigenvalue weighted by Crippen LogP contribution is 2.27. The monoisotopic (exact) mass is 262 g/mol. The van der Waals surface area contributed by atoms with Crippen LogP contribution in [-0.4, -0.2) is 33.5 Å². The van der Waals surface area contributed by atoms with Crippen molar-refractivity contribution >= 4 is 0 Å². The molecule has 102 valence electrons. The zero-order valence-corrected chi connectivity index (χ0v) is 10.3.